The third kappa shape index (κ3) is 2.88. The molecule has 2 atom stereocenters. The van der Waals surface area contributed by atoms with Crippen molar-refractivity contribution < 1.29 is 13.2 Å². The number of nitrogens with zero attached hydrogens (tertiary/aromatic N) is 1. The Labute approximate surface area is 117 Å². The van der Waals surface area contributed by atoms with Crippen LogP contribution in [0.3, 0.4) is 0 Å². The van der Waals surface area contributed by atoms with E-state index in [-0.39, 0.29) is 12.2 Å². The summed E-state index contributed by atoms with van der Waals surface area (Å²) in [6.07, 6.45) is -0.146. The van der Waals surface area contributed by atoms with Crippen molar-refractivity contribution in [2.24, 2.45) is 0 Å². The van der Waals surface area contributed by atoms with Crippen molar-refractivity contribution in [2.45, 2.75) is 36.1 Å². The van der Waals surface area contributed by atoms with Crippen LogP contribution >= 0.6 is 22.9 Å². The molecule has 1 saturated heterocycles. The average molecular weight is 310 g/mol. The maximum atomic E-state index is 12.4. The van der Waals surface area contributed by atoms with E-state index in [1.54, 1.807) is 11.4 Å². The zero-order valence-corrected chi connectivity index (χ0v) is 12.7. The largest absolute Gasteiger partial charge is 0.373 e. The molecule has 0 radical (unpaired) electrons. The molecule has 0 N–H and O–H groups in total. The highest BCUT2D eigenvalue weighted by molar-refractivity contribution is 7.91. The molecule has 1 aromatic heterocycles. The van der Waals surface area contributed by atoms with Gasteiger partial charge in [-0.3, -0.25) is 0 Å². The molecule has 0 bridgehead atoms. The van der Waals surface area contributed by atoms with Crippen molar-refractivity contribution in [2.75, 3.05) is 13.1 Å². The zero-order valence-electron chi connectivity index (χ0n) is 10.3. The number of sulfonamides is 1. The molecule has 4 nitrogen and oxygen atoms in total. The second-order valence-corrected chi connectivity index (χ2v) is 7.83. The van der Waals surface area contributed by atoms with E-state index in [0.29, 0.717) is 23.2 Å². The highest BCUT2D eigenvalue weighted by Gasteiger charge is 2.32. The van der Waals surface area contributed by atoms with Crippen molar-refractivity contribution in [3.05, 3.63) is 17.0 Å². The number of thiophene rings is 1. The van der Waals surface area contributed by atoms with Gasteiger partial charge >= 0.3 is 0 Å². The molecular weight excluding hydrogens is 294 g/mol. The highest BCUT2D eigenvalue weighted by atomic mass is 35.5. The second kappa shape index (κ2) is 5.46. The van der Waals surface area contributed by atoms with Crippen molar-refractivity contribution in [1.82, 2.24) is 4.31 Å². The molecule has 2 heterocycles. The third-order valence-electron chi connectivity index (χ3n) is 2.76. The molecule has 7 heteroatoms. The molecule has 18 heavy (non-hydrogen) atoms. The van der Waals surface area contributed by atoms with Gasteiger partial charge in [-0.25, -0.2) is 8.42 Å². The third-order valence-corrected chi connectivity index (χ3v) is 6.37. The van der Waals surface area contributed by atoms with Crippen LogP contribution in [0.15, 0.2) is 15.7 Å². The minimum Gasteiger partial charge on any atom is -0.373 e. The van der Waals surface area contributed by atoms with Crippen molar-refractivity contribution in [1.29, 1.82) is 0 Å². The summed E-state index contributed by atoms with van der Waals surface area (Å²) in [7, 11) is -3.40. The first kappa shape index (κ1) is 14.3. The zero-order chi connectivity index (χ0) is 13.3. The SMILES string of the molecule is CC1CN(S(=O)(=O)c2cc(CCl)cs2)CC(C)O1. The molecule has 1 aromatic rings. The van der Waals surface area contributed by atoms with Gasteiger partial charge in [-0.05, 0) is 30.9 Å². The summed E-state index contributed by atoms with van der Waals surface area (Å²) in [5, 5.41) is 1.78. The summed E-state index contributed by atoms with van der Waals surface area (Å²) in [4.78, 5) is 0. The molecule has 0 saturated carbocycles. The monoisotopic (exact) mass is 309 g/mol. The lowest BCUT2D eigenvalue weighted by Crippen LogP contribution is -2.47. The molecule has 0 spiro atoms. The quantitative estimate of drug-likeness (QED) is 0.805. The predicted molar refractivity (Wildman–Crippen MR) is 72.6 cm³/mol. The molecular formula is C11H16ClNO3S2. The first-order chi connectivity index (χ1) is 8.43. The van der Waals surface area contributed by atoms with Gasteiger partial charge in [-0.1, -0.05) is 0 Å². The van der Waals surface area contributed by atoms with Crippen molar-refractivity contribution in [3.63, 3.8) is 0 Å². The van der Waals surface area contributed by atoms with Crippen LogP contribution in [0.25, 0.3) is 0 Å². The predicted octanol–water partition coefficient (Wildman–Crippen LogP) is 2.28. The van der Waals surface area contributed by atoms with Gasteiger partial charge < -0.3 is 4.74 Å². The Morgan fingerprint density at radius 1 is 1.44 bits per heavy atom. The van der Waals surface area contributed by atoms with E-state index in [1.165, 1.54) is 15.6 Å². The number of ether oxygens (including phenoxy) is 1. The van der Waals surface area contributed by atoms with Gasteiger partial charge in [0.1, 0.15) is 4.21 Å². The molecule has 0 aliphatic carbocycles. The lowest BCUT2D eigenvalue weighted by Gasteiger charge is -2.34. The summed E-state index contributed by atoms with van der Waals surface area (Å²) in [6, 6.07) is 1.65. The number of hydrogen-bond donors (Lipinski definition) is 0. The van der Waals surface area contributed by atoms with Gasteiger partial charge in [0, 0.05) is 19.0 Å². The molecule has 102 valence electrons. The normalized spacial score (nSPS) is 26.4. The Morgan fingerprint density at radius 2 is 2.06 bits per heavy atom. The van der Waals surface area contributed by atoms with Gasteiger partial charge in [-0.15, -0.1) is 22.9 Å². The number of alkyl halides is 1. The standard InChI is InChI=1S/C11H16ClNO3S2/c1-8-5-13(6-9(2)16-8)18(14,15)11-3-10(4-12)7-17-11/h3,7-9H,4-6H2,1-2H3. The fraction of sp³-hybridized carbons (Fsp3) is 0.636. The Kier molecular flexibility index (Phi) is 4.33. The van der Waals surface area contributed by atoms with E-state index in [1.807, 2.05) is 13.8 Å². The summed E-state index contributed by atoms with van der Waals surface area (Å²) in [5.41, 5.74) is 0.842. The average Bonchev–Trinajstić information content (AvgIpc) is 2.76. The van der Waals surface area contributed by atoms with Gasteiger partial charge in [0.25, 0.3) is 10.0 Å². The second-order valence-electron chi connectivity index (χ2n) is 4.49. The van der Waals surface area contributed by atoms with Crippen LogP contribution in [0.2, 0.25) is 0 Å². The smallest absolute Gasteiger partial charge is 0.252 e. The molecule has 1 aliphatic heterocycles. The van der Waals surface area contributed by atoms with Crippen LogP contribution < -0.4 is 0 Å². The summed E-state index contributed by atoms with van der Waals surface area (Å²) < 4.78 is 32.3. The minimum absolute atomic E-state index is 0.0732. The van der Waals surface area contributed by atoms with E-state index in [2.05, 4.69) is 0 Å². The molecule has 0 aromatic carbocycles. The summed E-state index contributed by atoms with van der Waals surface area (Å²) >= 11 is 6.92. The van der Waals surface area contributed by atoms with Crippen LogP contribution in [0.5, 0.6) is 0 Å². The van der Waals surface area contributed by atoms with Gasteiger partial charge in [-0.2, -0.15) is 4.31 Å². The summed E-state index contributed by atoms with van der Waals surface area (Å²) in [6.45, 7) is 4.58. The topological polar surface area (TPSA) is 46.6 Å². The molecule has 1 fully saturated rings. The number of halogens is 1. The van der Waals surface area contributed by atoms with Gasteiger partial charge in [0.05, 0.1) is 12.2 Å². The number of morpholine rings is 1. The minimum atomic E-state index is -3.40. The lowest BCUT2D eigenvalue weighted by atomic mass is 10.3. The van der Waals surface area contributed by atoms with E-state index in [0.717, 1.165) is 5.56 Å². The highest BCUT2D eigenvalue weighted by Crippen LogP contribution is 2.27. The number of hydrogen-bond acceptors (Lipinski definition) is 4. The van der Waals surface area contributed by atoms with E-state index in [9.17, 15) is 8.42 Å². The summed E-state index contributed by atoms with van der Waals surface area (Å²) in [5.74, 6) is 0.335. The fourth-order valence-corrected chi connectivity index (χ4v) is 5.21. The van der Waals surface area contributed by atoms with Gasteiger partial charge in [0.15, 0.2) is 0 Å². The van der Waals surface area contributed by atoms with E-state index in [4.69, 9.17) is 16.3 Å². The maximum absolute atomic E-state index is 12.4. The Bertz CT molecular complexity index is 504. The molecule has 2 unspecified atom stereocenters. The Balaban J connectivity index is 2.25. The van der Waals surface area contributed by atoms with E-state index >= 15 is 0 Å². The van der Waals surface area contributed by atoms with Crippen LogP contribution in [0.4, 0.5) is 0 Å². The molecule has 0 amide bonds. The van der Waals surface area contributed by atoms with Crippen LogP contribution in [0.1, 0.15) is 19.4 Å². The Hall–Kier alpha value is -0.140. The van der Waals surface area contributed by atoms with Crippen LogP contribution in [-0.2, 0) is 20.6 Å². The first-order valence-electron chi connectivity index (χ1n) is 5.72. The molecule has 2 rings (SSSR count). The first-order valence-corrected chi connectivity index (χ1v) is 8.58. The fourth-order valence-electron chi connectivity index (χ4n) is 2.01. The van der Waals surface area contributed by atoms with E-state index < -0.39 is 10.0 Å². The van der Waals surface area contributed by atoms with Crippen molar-refractivity contribution >= 4 is 33.0 Å². The molecule has 1 aliphatic rings. The van der Waals surface area contributed by atoms with Gasteiger partial charge in [0.2, 0.25) is 0 Å². The van der Waals surface area contributed by atoms with Crippen LogP contribution in [0, 0.1) is 0 Å². The maximum Gasteiger partial charge on any atom is 0.252 e. The van der Waals surface area contributed by atoms with Crippen LogP contribution in [-0.4, -0.2) is 38.0 Å². The lowest BCUT2D eigenvalue weighted by molar-refractivity contribution is -0.0440. The Morgan fingerprint density at radius 3 is 2.56 bits per heavy atom. The van der Waals surface area contributed by atoms with Crippen molar-refractivity contribution in [3.8, 4) is 0 Å². The number of rotatable bonds is 3.